The standard InChI is InChI=1S/C17H10Cl3FN2O5/c18-9-4-11(19)16(12(20)5-9)28-17(25)8-3-15(24)22(7-8)10-1-2-13(21)14(6-10)23(26)27/h1-2,4-6,8H,3,7H2. The van der Waals surface area contributed by atoms with Crippen molar-refractivity contribution in [1.29, 1.82) is 0 Å². The molecule has 0 spiro atoms. The number of esters is 1. The molecule has 2 aromatic rings. The number of nitro benzene ring substituents is 1. The van der Waals surface area contributed by atoms with Gasteiger partial charge < -0.3 is 9.64 Å². The van der Waals surface area contributed by atoms with Crippen LogP contribution >= 0.6 is 34.8 Å². The molecule has 2 aromatic carbocycles. The third kappa shape index (κ3) is 4.04. The number of carbonyl (C=O) groups is 2. The number of benzene rings is 2. The summed E-state index contributed by atoms with van der Waals surface area (Å²) in [6.45, 7) is -0.0940. The molecule has 3 rings (SSSR count). The van der Waals surface area contributed by atoms with Crippen molar-refractivity contribution in [3.05, 3.63) is 61.3 Å². The first-order valence-electron chi connectivity index (χ1n) is 7.78. The quantitative estimate of drug-likeness (QED) is 0.294. The Kier molecular flexibility index (Phi) is 5.74. The SMILES string of the molecule is O=C(Oc1c(Cl)cc(Cl)cc1Cl)C1CC(=O)N(c2ccc(F)c([N+](=O)[O-])c2)C1. The number of ether oxygens (including phenoxy) is 1. The molecule has 28 heavy (non-hydrogen) atoms. The molecular formula is C17H10Cl3FN2O5. The Bertz CT molecular complexity index is 978. The molecule has 0 radical (unpaired) electrons. The van der Waals surface area contributed by atoms with Crippen molar-refractivity contribution in [2.75, 3.05) is 11.4 Å². The second-order valence-corrected chi connectivity index (χ2v) is 7.17. The molecule has 11 heteroatoms. The molecule has 0 aliphatic carbocycles. The summed E-state index contributed by atoms with van der Waals surface area (Å²) in [4.78, 5) is 35.9. The van der Waals surface area contributed by atoms with E-state index >= 15 is 0 Å². The van der Waals surface area contributed by atoms with Crippen molar-refractivity contribution in [2.45, 2.75) is 6.42 Å². The minimum Gasteiger partial charge on any atom is -0.423 e. The fourth-order valence-electron chi connectivity index (χ4n) is 2.73. The lowest BCUT2D eigenvalue weighted by atomic mass is 10.1. The molecule has 1 aliphatic heterocycles. The van der Waals surface area contributed by atoms with E-state index in [9.17, 15) is 24.1 Å². The van der Waals surface area contributed by atoms with Gasteiger partial charge >= 0.3 is 11.7 Å². The Morgan fingerprint density at radius 1 is 1.21 bits per heavy atom. The molecule has 0 bridgehead atoms. The van der Waals surface area contributed by atoms with E-state index in [-0.39, 0.29) is 39.5 Å². The topological polar surface area (TPSA) is 89.8 Å². The number of nitrogens with zero attached hydrogens (tertiary/aromatic N) is 2. The van der Waals surface area contributed by atoms with Gasteiger partial charge in [-0.1, -0.05) is 34.8 Å². The van der Waals surface area contributed by atoms with Crippen molar-refractivity contribution >= 4 is 58.1 Å². The van der Waals surface area contributed by atoms with E-state index in [1.165, 1.54) is 18.2 Å². The van der Waals surface area contributed by atoms with E-state index in [2.05, 4.69) is 0 Å². The Hall–Kier alpha value is -2.42. The summed E-state index contributed by atoms with van der Waals surface area (Å²) in [7, 11) is 0. The maximum atomic E-state index is 13.5. The zero-order valence-corrected chi connectivity index (χ0v) is 16.1. The minimum atomic E-state index is -1.02. The first kappa shape index (κ1) is 20.3. The second-order valence-electron chi connectivity index (χ2n) is 5.92. The number of carbonyl (C=O) groups excluding carboxylic acids is 2. The highest BCUT2D eigenvalue weighted by atomic mass is 35.5. The Balaban J connectivity index is 1.79. The van der Waals surface area contributed by atoms with E-state index in [4.69, 9.17) is 39.5 Å². The minimum absolute atomic E-state index is 0.0289. The fourth-order valence-corrected chi connectivity index (χ4v) is 3.63. The molecule has 1 saturated heterocycles. The van der Waals surface area contributed by atoms with Crippen LogP contribution in [0.25, 0.3) is 0 Å². The van der Waals surface area contributed by atoms with Gasteiger partial charge in [0.1, 0.15) is 0 Å². The summed E-state index contributed by atoms with van der Waals surface area (Å²) in [5.74, 6) is -3.18. The molecule has 1 fully saturated rings. The third-order valence-electron chi connectivity index (χ3n) is 4.06. The van der Waals surface area contributed by atoms with Gasteiger partial charge in [0.2, 0.25) is 11.7 Å². The molecule has 0 aromatic heterocycles. The molecule has 1 atom stereocenters. The second kappa shape index (κ2) is 7.90. The number of amides is 1. The maximum absolute atomic E-state index is 13.5. The number of anilines is 1. The highest BCUT2D eigenvalue weighted by Crippen LogP contribution is 2.37. The van der Waals surface area contributed by atoms with Crippen LogP contribution in [-0.4, -0.2) is 23.3 Å². The zero-order valence-electron chi connectivity index (χ0n) is 13.8. The maximum Gasteiger partial charge on any atom is 0.316 e. The van der Waals surface area contributed by atoms with Crippen LogP contribution in [0, 0.1) is 21.8 Å². The predicted molar refractivity (Wildman–Crippen MR) is 101 cm³/mol. The van der Waals surface area contributed by atoms with Crippen LogP contribution in [-0.2, 0) is 9.59 Å². The van der Waals surface area contributed by atoms with Crippen LogP contribution in [0.5, 0.6) is 5.75 Å². The van der Waals surface area contributed by atoms with Crippen LogP contribution in [0.2, 0.25) is 15.1 Å². The van der Waals surface area contributed by atoms with Gasteiger partial charge in [-0.05, 0) is 24.3 Å². The van der Waals surface area contributed by atoms with Gasteiger partial charge in [0.25, 0.3) is 0 Å². The molecule has 1 amide bonds. The molecule has 1 aliphatic rings. The van der Waals surface area contributed by atoms with E-state index < -0.39 is 34.2 Å². The molecule has 1 unspecified atom stereocenters. The third-order valence-corrected chi connectivity index (χ3v) is 4.84. The van der Waals surface area contributed by atoms with Gasteiger partial charge in [0.05, 0.1) is 26.6 Å². The van der Waals surface area contributed by atoms with E-state index in [0.29, 0.717) is 0 Å². The highest BCUT2D eigenvalue weighted by Gasteiger charge is 2.37. The van der Waals surface area contributed by atoms with Crippen molar-refractivity contribution < 1.29 is 23.6 Å². The smallest absolute Gasteiger partial charge is 0.316 e. The Labute approximate surface area is 172 Å². The van der Waals surface area contributed by atoms with Crippen LogP contribution in [0.4, 0.5) is 15.8 Å². The predicted octanol–water partition coefficient (Wildman–Crippen LogP) is 4.65. The first-order valence-corrected chi connectivity index (χ1v) is 8.91. The molecule has 146 valence electrons. The average Bonchev–Trinajstić information content (AvgIpc) is 3.00. The van der Waals surface area contributed by atoms with Crippen LogP contribution in [0.1, 0.15) is 6.42 Å². The van der Waals surface area contributed by atoms with Crippen molar-refractivity contribution in [3.8, 4) is 5.75 Å². The summed E-state index contributed by atoms with van der Waals surface area (Å²) in [6.07, 6.45) is -0.188. The summed E-state index contributed by atoms with van der Waals surface area (Å²) >= 11 is 17.8. The summed E-state index contributed by atoms with van der Waals surface area (Å²) in [6, 6.07) is 5.75. The normalized spacial score (nSPS) is 16.4. The number of hydrogen-bond acceptors (Lipinski definition) is 5. The van der Waals surface area contributed by atoms with Gasteiger partial charge in [-0.2, -0.15) is 4.39 Å². The molecular weight excluding hydrogens is 438 g/mol. The van der Waals surface area contributed by atoms with E-state index in [0.717, 1.165) is 17.0 Å². The van der Waals surface area contributed by atoms with E-state index in [1.54, 1.807) is 0 Å². The average molecular weight is 448 g/mol. The number of rotatable bonds is 4. The van der Waals surface area contributed by atoms with Crippen molar-refractivity contribution in [3.63, 3.8) is 0 Å². The lowest BCUT2D eigenvalue weighted by molar-refractivity contribution is -0.387. The number of halogens is 4. The van der Waals surface area contributed by atoms with Crippen LogP contribution in [0.3, 0.4) is 0 Å². The molecule has 0 N–H and O–H groups in total. The zero-order chi connectivity index (χ0) is 20.6. The molecule has 1 heterocycles. The lowest BCUT2D eigenvalue weighted by Gasteiger charge is -2.16. The summed E-state index contributed by atoms with van der Waals surface area (Å²) < 4.78 is 18.7. The largest absolute Gasteiger partial charge is 0.423 e. The van der Waals surface area contributed by atoms with Gasteiger partial charge in [-0.15, -0.1) is 0 Å². The van der Waals surface area contributed by atoms with Gasteiger partial charge in [0, 0.05) is 24.1 Å². The van der Waals surface area contributed by atoms with Crippen molar-refractivity contribution in [1.82, 2.24) is 0 Å². The van der Waals surface area contributed by atoms with Crippen LogP contribution in [0.15, 0.2) is 30.3 Å². The van der Waals surface area contributed by atoms with Gasteiger partial charge in [-0.25, -0.2) is 0 Å². The highest BCUT2D eigenvalue weighted by molar-refractivity contribution is 6.40. The summed E-state index contributed by atoms with van der Waals surface area (Å²) in [5, 5.41) is 11.2. The summed E-state index contributed by atoms with van der Waals surface area (Å²) in [5.41, 5.74) is -0.660. The van der Waals surface area contributed by atoms with Crippen molar-refractivity contribution in [2.24, 2.45) is 5.92 Å². The monoisotopic (exact) mass is 446 g/mol. The van der Waals surface area contributed by atoms with Gasteiger partial charge in [0.15, 0.2) is 5.75 Å². The Morgan fingerprint density at radius 3 is 2.46 bits per heavy atom. The van der Waals surface area contributed by atoms with Crippen LogP contribution < -0.4 is 9.64 Å². The number of nitro groups is 1. The molecule has 0 saturated carbocycles. The first-order chi connectivity index (χ1) is 13.2. The number of hydrogen-bond donors (Lipinski definition) is 0. The Morgan fingerprint density at radius 2 is 1.86 bits per heavy atom. The fraction of sp³-hybridized carbons (Fsp3) is 0.176. The van der Waals surface area contributed by atoms with E-state index in [1.807, 2.05) is 0 Å². The van der Waals surface area contributed by atoms with Gasteiger partial charge in [-0.3, -0.25) is 19.7 Å². The molecule has 7 nitrogen and oxygen atoms in total. The lowest BCUT2D eigenvalue weighted by Crippen LogP contribution is -2.27.